The Bertz CT molecular complexity index is 3560. The summed E-state index contributed by atoms with van der Waals surface area (Å²) in [6.07, 6.45) is 0. The monoisotopic (exact) mass is 758 g/mol. The number of fused-ring (bicyclic) bond motifs is 10. The summed E-state index contributed by atoms with van der Waals surface area (Å²) in [6.45, 7) is 0. The minimum atomic E-state index is 0.562. The molecule has 6 heteroatoms. The lowest BCUT2D eigenvalue weighted by Gasteiger charge is -2.15. The second kappa shape index (κ2) is 13.0. The molecule has 0 saturated heterocycles. The van der Waals surface area contributed by atoms with E-state index in [0.29, 0.717) is 17.5 Å². The van der Waals surface area contributed by atoms with E-state index in [1.165, 1.54) is 31.1 Å². The molecule has 0 saturated carbocycles. The molecule has 12 rings (SSSR count). The summed E-state index contributed by atoms with van der Waals surface area (Å²) in [4.78, 5) is 20.5. The number of pyridine rings is 1. The second-order valence-corrected chi connectivity index (χ2v) is 15.6. The van der Waals surface area contributed by atoms with Gasteiger partial charge in [-0.1, -0.05) is 152 Å². The van der Waals surface area contributed by atoms with Gasteiger partial charge in [-0.05, 0) is 35.9 Å². The molecule has 0 unspecified atom stereocenters. The van der Waals surface area contributed by atoms with Crippen LogP contribution in [-0.4, -0.2) is 19.9 Å². The number of benzene rings is 8. The zero-order valence-corrected chi connectivity index (χ0v) is 31.7. The lowest BCUT2D eigenvalue weighted by molar-refractivity contribution is 0.669. The highest BCUT2D eigenvalue weighted by Crippen LogP contribution is 2.48. The van der Waals surface area contributed by atoms with Crippen LogP contribution in [0, 0.1) is 0 Å². The lowest BCUT2D eigenvalue weighted by atomic mass is 9.92. The molecular weight excluding hydrogens is 729 g/mol. The van der Waals surface area contributed by atoms with Gasteiger partial charge in [-0.2, -0.15) is 0 Å². The molecule has 0 amide bonds. The smallest absolute Gasteiger partial charge is 0.167 e. The Morgan fingerprint density at radius 3 is 1.78 bits per heavy atom. The number of aromatic nitrogens is 4. The third-order valence-corrected chi connectivity index (χ3v) is 12.3. The summed E-state index contributed by atoms with van der Waals surface area (Å²) in [5, 5.41) is 8.15. The average Bonchev–Trinajstić information content (AvgIpc) is 3.88. The maximum Gasteiger partial charge on any atom is 0.167 e. The van der Waals surface area contributed by atoms with E-state index in [2.05, 4.69) is 121 Å². The van der Waals surface area contributed by atoms with Crippen molar-refractivity contribution in [2.75, 3.05) is 0 Å². The highest BCUT2D eigenvalue weighted by atomic mass is 32.1. The van der Waals surface area contributed by atoms with Gasteiger partial charge in [0.25, 0.3) is 0 Å². The Morgan fingerprint density at radius 2 is 0.983 bits per heavy atom. The van der Waals surface area contributed by atoms with Crippen molar-refractivity contribution in [2.45, 2.75) is 0 Å². The molecule has 4 aromatic heterocycles. The molecule has 270 valence electrons. The van der Waals surface area contributed by atoms with Gasteiger partial charge in [-0.25, -0.2) is 19.9 Å². The molecule has 4 heterocycles. The fourth-order valence-corrected chi connectivity index (χ4v) is 9.67. The number of thiophene rings is 1. The third-order valence-electron chi connectivity index (χ3n) is 11.1. The highest BCUT2D eigenvalue weighted by Gasteiger charge is 2.21. The van der Waals surface area contributed by atoms with Gasteiger partial charge >= 0.3 is 0 Å². The number of nitrogens with zero attached hydrogens (tertiary/aromatic N) is 4. The maximum atomic E-state index is 6.44. The van der Waals surface area contributed by atoms with Crippen molar-refractivity contribution in [3.8, 4) is 56.5 Å². The van der Waals surface area contributed by atoms with Crippen molar-refractivity contribution in [2.24, 2.45) is 0 Å². The molecule has 8 aromatic carbocycles. The van der Waals surface area contributed by atoms with Gasteiger partial charge < -0.3 is 4.42 Å². The van der Waals surface area contributed by atoms with Crippen LogP contribution in [0.2, 0.25) is 0 Å². The molecule has 0 N–H and O–H groups in total. The van der Waals surface area contributed by atoms with Crippen LogP contribution in [0.5, 0.6) is 0 Å². The predicted octanol–water partition coefficient (Wildman–Crippen LogP) is 14.2. The van der Waals surface area contributed by atoms with Gasteiger partial charge in [0.15, 0.2) is 17.5 Å². The van der Waals surface area contributed by atoms with Crippen LogP contribution in [-0.2, 0) is 0 Å². The summed E-state index contributed by atoms with van der Waals surface area (Å²) < 4.78 is 8.95. The number of hydrogen-bond acceptors (Lipinski definition) is 6. The standard InChI is InChI=1S/C52H30N4OS/c1-3-14-32(15-4-1)47-41-30-40(49-46(38-20-9-12-25-44(38)58-49)45(41)37-19-7-10-23-42(37)53-47)31-26-28-34(29-27-31)51-54-50(33-16-5-2-6-17-33)55-52(56-51)39-22-13-21-36-35-18-8-11-24-43(35)57-48(36)39/h1-30H. The van der Waals surface area contributed by atoms with Crippen molar-refractivity contribution in [3.63, 3.8) is 0 Å². The van der Waals surface area contributed by atoms with Crippen molar-refractivity contribution in [1.29, 1.82) is 0 Å². The van der Waals surface area contributed by atoms with E-state index in [-0.39, 0.29) is 0 Å². The zero-order valence-electron chi connectivity index (χ0n) is 30.9. The van der Waals surface area contributed by atoms with E-state index in [0.717, 1.165) is 71.7 Å². The van der Waals surface area contributed by atoms with E-state index >= 15 is 0 Å². The molecule has 0 aliphatic carbocycles. The number of furan rings is 1. The Labute approximate surface area is 336 Å². The molecule has 12 aromatic rings. The fourth-order valence-electron chi connectivity index (χ4n) is 8.42. The van der Waals surface area contributed by atoms with Crippen molar-refractivity contribution in [3.05, 3.63) is 182 Å². The topological polar surface area (TPSA) is 64.7 Å². The van der Waals surface area contributed by atoms with Crippen molar-refractivity contribution < 1.29 is 4.42 Å². The van der Waals surface area contributed by atoms with E-state index < -0.39 is 0 Å². The molecule has 0 aliphatic rings. The van der Waals surface area contributed by atoms with Crippen LogP contribution in [0.3, 0.4) is 0 Å². The lowest BCUT2D eigenvalue weighted by Crippen LogP contribution is -2.00. The van der Waals surface area contributed by atoms with Crippen LogP contribution in [0.25, 0.3) is 120 Å². The van der Waals surface area contributed by atoms with Crippen LogP contribution in [0.1, 0.15) is 0 Å². The molecular formula is C52H30N4OS. The molecule has 0 radical (unpaired) electrons. The van der Waals surface area contributed by atoms with E-state index in [4.69, 9.17) is 24.4 Å². The van der Waals surface area contributed by atoms with Crippen LogP contribution < -0.4 is 0 Å². The van der Waals surface area contributed by atoms with Crippen molar-refractivity contribution in [1.82, 2.24) is 19.9 Å². The Morgan fingerprint density at radius 1 is 0.379 bits per heavy atom. The van der Waals surface area contributed by atoms with Gasteiger partial charge in [-0.3, -0.25) is 0 Å². The largest absolute Gasteiger partial charge is 0.455 e. The van der Waals surface area contributed by atoms with Crippen LogP contribution in [0.15, 0.2) is 186 Å². The molecule has 0 atom stereocenters. The van der Waals surface area contributed by atoms with Crippen molar-refractivity contribution >= 4 is 75.1 Å². The maximum absolute atomic E-state index is 6.44. The van der Waals surface area contributed by atoms with Gasteiger partial charge in [0.05, 0.1) is 16.8 Å². The van der Waals surface area contributed by atoms with Gasteiger partial charge in [0.2, 0.25) is 0 Å². The molecule has 0 fully saturated rings. The number of rotatable bonds is 5. The summed E-state index contributed by atoms with van der Waals surface area (Å²) in [5.41, 5.74) is 9.57. The van der Waals surface area contributed by atoms with Gasteiger partial charge in [0, 0.05) is 69.4 Å². The highest BCUT2D eigenvalue weighted by molar-refractivity contribution is 7.26. The normalized spacial score (nSPS) is 11.8. The van der Waals surface area contributed by atoms with Gasteiger partial charge in [0.1, 0.15) is 11.2 Å². The average molecular weight is 759 g/mol. The molecule has 0 spiro atoms. The first kappa shape index (κ1) is 32.7. The summed E-state index contributed by atoms with van der Waals surface area (Å²) in [7, 11) is 0. The van der Waals surface area contributed by atoms with Crippen LogP contribution in [0.4, 0.5) is 0 Å². The summed E-state index contributed by atoms with van der Waals surface area (Å²) >= 11 is 1.85. The Kier molecular flexibility index (Phi) is 7.33. The van der Waals surface area contributed by atoms with E-state index in [1.807, 2.05) is 72.0 Å². The first-order valence-corrected chi connectivity index (χ1v) is 20.1. The number of para-hydroxylation sites is 3. The third kappa shape index (κ3) is 5.16. The summed E-state index contributed by atoms with van der Waals surface area (Å²) in [6, 6.07) is 63.2. The quantitative estimate of drug-likeness (QED) is 0.164. The first-order valence-electron chi connectivity index (χ1n) is 19.3. The molecule has 58 heavy (non-hydrogen) atoms. The number of hydrogen-bond donors (Lipinski definition) is 0. The first-order chi connectivity index (χ1) is 28.7. The fraction of sp³-hybridized carbons (Fsp3) is 0. The molecule has 0 aliphatic heterocycles. The van der Waals surface area contributed by atoms with Gasteiger partial charge in [-0.15, -0.1) is 11.3 Å². The van der Waals surface area contributed by atoms with E-state index in [1.54, 1.807) is 0 Å². The zero-order chi connectivity index (χ0) is 38.2. The minimum Gasteiger partial charge on any atom is -0.455 e. The predicted molar refractivity (Wildman–Crippen MR) is 240 cm³/mol. The second-order valence-electron chi connectivity index (χ2n) is 14.5. The Balaban J connectivity index is 1.07. The minimum absolute atomic E-state index is 0.562. The molecule has 0 bridgehead atoms. The summed E-state index contributed by atoms with van der Waals surface area (Å²) in [5.74, 6) is 1.76. The SMILES string of the molecule is c1ccc(-c2nc(-c3ccc(-c4cc5c(-c6ccccc6)nc6ccccc6c5c5c4sc4ccccc45)cc3)nc(-c3cccc4c3oc3ccccc34)n2)cc1. The van der Waals surface area contributed by atoms with Crippen LogP contribution >= 0.6 is 11.3 Å². The molecule has 5 nitrogen and oxygen atoms in total. The van der Waals surface area contributed by atoms with E-state index in [9.17, 15) is 0 Å². The Hall–Kier alpha value is -7.54.